The third-order valence-corrected chi connectivity index (χ3v) is 1.77. The number of nitrogens with zero attached hydrogens (tertiary/aromatic N) is 1. The number of halogens is 2. The van der Waals surface area contributed by atoms with Crippen molar-refractivity contribution >= 4 is 11.7 Å². The Morgan fingerprint density at radius 2 is 2.21 bits per heavy atom. The van der Waals surface area contributed by atoms with Gasteiger partial charge in [-0.3, -0.25) is 4.98 Å². The molecule has 1 aromatic rings. The molecule has 0 atom stereocenters. The first-order valence-corrected chi connectivity index (χ1v) is 3.71. The number of carbonyl (C=O) groups is 1. The van der Waals surface area contributed by atoms with Crippen LogP contribution in [0.2, 0.25) is 0 Å². The van der Waals surface area contributed by atoms with Crippen molar-refractivity contribution in [3.05, 3.63) is 23.0 Å². The molecule has 1 heterocycles. The van der Waals surface area contributed by atoms with Crippen LogP contribution in [0.5, 0.6) is 0 Å². The molecule has 0 aliphatic carbocycles. The molecule has 14 heavy (non-hydrogen) atoms. The number of hydrogen-bond acceptors (Lipinski definition) is 3. The minimum absolute atomic E-state index is 0.164. The zero-order chi connectivity index (χ0) is 10.9. The lowest BCUT2D eigenvalue weighted by Crippen LogP contribution is -2.10. The van der Waals surface area contributed by atoms with Crippen LogP contribution < -0.4 is 5.73 Å². The van der Waals surface area contributed by atoms with Gasteiger partial charge < -0.3 is 10.8 Å². The van der Waals surface area contributed by atoms with Gasteiger partial charge in [0.15, 0.2) is 0 Å². The molecule has 0 saturated carbocycles. The zero-order valence-electron chi connectivity index (χ0n) is 7.29. The number of pyridine rings is 1. The highest BCUT2D eigenvalue weighted by atomic mass is 19.3. The van der Waals surface area contributed by atoms with Crippen LogP contribution in [0.1, 0.15) is 28.0 Å². The Kier molecular flexibility index (Phi) is 2.64. The van der Waals surface area contributed by atoms with Crippen LogP contribution in [0, 0.1) is 6.92 Å². The second-order valence-electron chi connectivity index (χ2n) is 2.72. The Hall–Kier alpha value is -1.72. The van der Waals surface area contributed by atoms with E-state index in [0.29, 0.717) is 5.56 Å². The number of nitrogen functional groups attached to an aromatic ring is 1. The zero-order valence-corrected chi connectivity index (χ0v) is 7.29. The topological polar surface area (TPSA) is 76.2 Å². The Bertz CT molecular complexity index is 380. The van der Waals surface area contributed by atoms with Gasteiger partial charge in [0.2, 0.25) is 0 Å². The van der Waals surface area contributed by atoms with E-state index >= 15 is 0 Å². The average Bonchev–Trinajstić information content (AvgIpc) is 2.08. The van der Waals surface area contributed by atoms with E-state index in [9.17, 15) is 13.6 Å². The largest absolute Gasteiger partial charge is 0.478 e. The third-order valence-electron chi connectivity index (χ3n) is 1.77. The van der Waals surface area contributed by atoms with Gasteiger partial charge in [-0.05, 0) is 12.5 Å². The van der Waals surface area contributed by atoms with Crippen LogP contribution in [0.25, 0.3) is 0 Å². The molecule has 76 valence electrons. The maximum atomic E-state index is 12.3. The standard InChI is InChI=1S/C8H8F2N2O2/c1-3-2-12-6(7(9)10)4(5(3)11)8(13)14/h2,7H,1H3,(H2,11,12)(H,13,14). The summed E-state index contributed by atoms with van der Waals surface area (Å²) >= 11 is 0. The number of aryl methyl sites for hydroxylation is 1. The molecular formula is C8H8F2N2O2. The SMILES string of the molecule is Cc1cnc(C(F)F)c(C(=O)O)c1N. The quantitative estimate of drug-likeness (QED) is 0.763. The number of anilines is 1. The van der Waals surface area contributed by atoms with E-state index in [1.165, 1.54) is 6.92 Å². The Balaban J connectivity index is 3.45. The predicted molar refractivity (Wildman–Crippen MR) is 45.3 cm³/mol. The van der Waals surface area contributed by atoms with Crippen LogP contribution in [0.3, 0.4) is 0 Å². The Labute approximate surface area is 78.4 Å². The molecule has 0 saturated heterocycles. The van der Waals surface area contributed by atoms with Crippen molar-refractivity contribution in [2.45, 2.75) is 13.3 Å². The monoisotopic (exact) mass is 202 g/mol. The highest BCUT2D eigenvalue weighted by Gasteiger charge is 2.23. The van der Waals surface area contributed by atoms with Gasteiger partial charge in [0, 0.05) is 6.20 Å². The first-order valence-electron chi connectivity index (χ1n) is 3.71. The summed E-state index contributed by atoms with van der Waals surface area (Å²) in [6, 6.07) is 0. The van der Waals surface area contributed by atoms with Gasteiger partial charge in [-0.1, -0.05) is 0 Å². The van der Waals surface area contributed by atoms with Crippen LogP contribution >= 0.6 is 0 Å². The maximum Gasteiger partial charge on any atom is 0.339 e. The van der Waals surface area contributed by atoms with Gasteiger partial charge in [0.05, 0.1) is 5.69 Å². The van der Waals surface area contributed by atoms with Crippen LogP contribution in [-0.4, -0.2) is 16.1 Å². The lowest BCUT2D eigenvalue weighted by molar-refractivity contribution is 0.0683. The summed E-state index contributed by atoms with van der Waals surface area (Å²) in [5, 5.41) is 8.67. The summed E-state index contributed by atoms with van der Waals surface area (Å²) < 4.78 is 24.6. The Morgan fingerprint density at radius 3 is 2.64 bits per heavy atom. The molecule has 0 aliphatic heterocycles. The average molecular weight is 202 g/mol. The number of aromatic carboxylic acids is 1. The molecule has 1 aromatic heterocycles. The fourth-order valence-electron chi connectivity index (χ4n) is 1.03. The first-order chi connectivity index (χ1) is 6.45. The molecule has 0 aliphatic rings. The van der Waals surface area contributed by atoms with Crippen molar-refractivity contribution in [2.24, 2.45) is 0 Å². The molecule has 0 bridgehead atoms. The summed E-state index contributed by atoms with van der Waals surface area (Å²) in [5.41, 5.74) is 4.17. The van der Waals surface area contributed by atoms with Gasteiger partial charge in [-0.25, -0.2) is 13.6 Å². The second kappa shape index (κ2) is 3.57. The van der Waals surface area contributed by atoms with Gasteiger partial charge >= 0.3 is 5.97 Å². The van der Waals surface area contributed by atoms with E-state index in [-0.39, 0.29) is 5.69 Å². The minimum Gasteiger partial charge on any atom is -0.478 e. The smallest absolute Gasteiger partial charge is 0.339 e. The highest BCUT2D eigenvalue weighted by molar-refractivity contribution is 5.95. The van der Waals surface area contributed by atoms with Crippen LogP contribution in [0.4, 0.5) is 14.5 Å². The summed E-state index contributed by atoms with van der Waals surface area (Å²) in [6.45, 7) is 1.50. The van der Waals surface area contributed by atoms with Crippen LogP contribution in [0.15, 0.2) is 6.20 Å². The molecule has 3 N–H and O–H groups in total. The van der Waals surface area contributed by atoms with Crippen molar-refractivity contribution in [3.8, 4) is 0 Å². The normalized spacial score (nSPS) is 10.6. The summed E-state index contributed by atoms with van der Waals surface area (Å²) in [4.78, 5) is 14.0. The fraction of sp³-hybridized carbons (Fsp3) is 0.250. The summed E-state index contributed by atoms with van der Waals surface area (Å²) in [7, 11) is 0. The lowest BCUT2D eigenvalue weighted by atomic mass is 10.1. The number of hydrogen-bond donors (Lipinski definition) is 2. The first kappa shape index (κ1) is 10.4. The number of alkyl halides is 2. The number of carboxylic acid groups (broad SMARTS) is 1. The van der Waals surface area contributed by atoms with Crippen LogP contribution in [-0.2, 0) is 0 Å². The number of aromatic nitrogens is 1. The van der Waals surface area contributed by atoms with Gasteiger partial charge in [-0.2, -0.15) is 0 Å². The predicted octanol–water partition coefficient (Wildman–Crippen LogP) is 1.61. The molecule has 4 nitrogen and oxygen atoms in total. The van der Waals surface area contributed by atoms with Crippen molar-refractivity contribution < 1.29 is 18.7 Å². The Morgan fingerprint density at radius 1 is 1.64 bits per heavy atom. The highest BCUT2D eigenvalue weighted by Crippen LogP contribution is 2.26. The molecule has 0 spiro atoms. The fourth-order valence-corrected chi connectivity index (χ4v) is 1.03. The van der Waals surface area contributed by atoms with E-state index in [1.54, 1.807) is 0 Å². The molecule has 6 heteroatoms. The molecule has 0 aromatic carbocycles. The number of rotatable bonds is 2. The van der Waals surface area contributed by atoms with Gasteiger partial charge in [0.25, 0.3) is 6.43 Å². The van der Waals surface area contributed by atoms with E-state index in [0.717, 1.165) is 6.20 Å². The summed E-state index contributed by atoms with van der Waals surface area (Å²) in [5.74, 6) is -1.49. The van der Waals surface area contributed by atoms with Crippen molar-refractivity contribution in [3.63, 3.8) is 0 Å². The van der Waals surface area contributed by atoms with Crippen molar-refractivity contribution in [1.82, 2.24) is 4.98 Å². The second-order valence-corrected chi connectivity index (χ2v) is 2.72. The lowest BCUT2D eigenvalue weighted by Gasteiger charge is -2.08. The maximum absolute atomic E-state index is 12.3. The van der Waals surface area contributed by atoms with E-state index in [2.05, 4.69) is 4.98 Å². The molecule has 0 fully saturated rings. The molecule has 1 rings (SSSR count). The molecule has 0 unspecified atom stereocenters. The van der Waals surface area contributed by atoms with Crippen molar-refractivity contribution in [1.29, 1.82) is 0 Å². The van der Waals surface area contributed by atoms with Gasteiger partial charge in [-0.15, -0.1) is 0 Å². The van der Waals surface area contributed by atoms with E-state index in [4.69, 9.17) is 10.8 Å². The van der Waals surface area contributed by atoms with E-state index in [1.807, 2.05) is 0 Å². The number of nitrogens with two attached hydrogens (primary N) is 1. The molecule has 0 radical (unpaired) electrons. The number of carboxylic acids is 1. The van der Waals surface area contributed by atoms with Gasteiger partial charge in [0.1, 0.15) is 11.3 Å². The molecule has 0 amide bonds. The summed E-state index contributed by atoms with van der Waals surface area (Å²) in [6.07, 6.45) is -1.81. The third kappa shape index (κ3) is 1.63. The minimum atomic E-state index is -2.94. The van der Waals surface area contributed by atoms with Crippen molar-refractivity contribution in [2.75, 3.05) is 5.73 Å². The van der Waals surface area contributed by atoms with E-state index < -0.39 is 23.7 Å². The molecular weight excluding hydrogens is 194 g/mol.